The van der Waals surface area contributed by atoms with Crippen LogP contribution < -0.4 is 4.74 Å². The van der Waals surface area contributed by atoms with Crippen LogP contribution in [-0.2, 0) is 22.5 Å². The van der Waals surface area contributed by atoms with Gasteiger partial charge in [0.2, 0.25) is 5.90 Å². The normalized spacial score (nSPS) is 19.6. The molecule has 0 unspecified atom stereocenters. The number of hydrogen-bond donors (Lipinski definition) is 1. The minimum atomic E-state index is -1.42. The van der Waals surface area contributed by atoms with Crippen LogP contribution in [0.2, 0.25) is 0 Å². The number of aliphatic hydroxyl groups is 1. The molecule has 2 amide bonds. The Morgan fingerprint density at radius 1 is 0.952 bits per heavy atom. The first kappa shape index (κ1) is 27.9. The van der Waals surface area contributed by atoms with Crippen molar-refractivity contribution in [1.29, 1.82) is 0 Å². The quantitative estimate of drug-likeness (QED) is 0.204. The summed E-state index contributed by atoms with van der Waals surface area (Å²) in [5.41, 5.74) is 2.32. The standard InChI is InChI=1S/C34H29BrN2O5/c35-28-15-11-23(12-16-28)30-34(36-31(42-30)24-13-17-29(18-14-24)41-20-6-19-38)21-26-9-4-5-10-27(26)22-37(33(34)40)32(39)25-7-2-1-3-8-25/h1-5,7-18,30,38H,6,19-22H2/t30-,34-/m1/s1. The number of rotatable bonds is 7. The van der Waals surface area contributed by atoms with Crippen molar-refractivity contribution < 1.29 is 24.2 Å². The number of hydrogen-bond acceptors (Lipinski definition) is 6. The predicted molar refractivity (Wildman–Crippen MR) is 162 cm³/mol. The lowest BCUT2D eigenvalue weighted by Gasteiger charge is -2.32. The van der Waals surface area contributed by atoms with Crippen molar-refractivity contribution in [2.24, 2.45) is 4.99 Å². The Kier molecular flexibility index (Phi) is 7.91. The van der Waals surface area contributed by atoms with Crippen molar-refractivity contribution in [2.45, 2.75) is 31.0 Å². The van der Waals surface area contributed by atoms with E-state index in [2.05, 4.69) is 15.9 Å². The predicted octanol–water partition coefficient (Wildman–Crippen LogP) is 5.89. The summed E-state index contributed by atoms with van der Waals surface area (Å²) in [6.45, 7) is 0.604. The third-order valence-electron chi connectivity index (χ3n) is 7.60. The second kappa shape index (κ2) is 11.9. The lowest BCUT2D eigenvalue weighted by Crippen LogP contribution is -2.51. The summed E-state index contributed by atoms with van der Waals surface area (Å²) in [5.74, 6) is 0.201. The number of aliphatic hydroxyl groups excluding tert-OH is 1. The van der Waals surface area contributed by atoms with Gasteiger partial charge in [-0.3, -0.25) is 14.5 Å². The lowest BCUT2D eigenvalue weighted by atomic mass is 9.82. The summed E-state index contributed by atoms with van der Waals surface area (Å²) < 4.78 is 13.2. The summed E-state index contributed by atoms with van der Waals surface area (Å²) in [7, 11) is 0. The first-order valence-corrected chi connectivity index (χ1v) is 14.6. The zero-order valence-electron chi connectivity index (χ0n) is 22.8. The minimum absolute atomic E-state index is 0.0587. The van der Waals surface area contributed by atoms with Crippen LogP contribution in [0, 0.1) is 0 Å². The fourth-order valence-electron chi connectivity index (χ4n) is 5.46. The van der Waals surface area contributed by atoms with E-state index in [9.17, 15) is 9.59 Å². The molecule has 4 aromatic carbocycles. The highest BCUT2D eigenvalue weighted by Gasteiger charge is 2.57. The molecule has 6 rings (SSSR count). The largest absolute Gasteiger partial charge is 0.494 e. The van der Waals surface area contributed by atoms with Crippen LogP contribution in [0.4, 0.5) is 0 Å². The van der Waals surface area contributed by atoms with E-state index in [1.54, 1.807) is 24.3 Å². The molecular formula is C34H29BrN2O5. The summed E-state index contributed by atoms with van der Waals surface area (Å²) >= 11 is 3.50. The van der Waals surface area contributed by atoms with E-state index in [0.717, 1.165) is 21.2 Å². The van der Waals surface area contributed by atoms with Gasteiger partial charge in [0.25, 0.3) is 11.8 Å². The summed E-state index contributed by atoms with van der Waals surface area (Å²) in [6, 6.07) is 31.6. The molecule has 4 aromatic rings. The highest BCUT2D eigenvalue weighted by Crippen LogP contribution is 2.45. The maximum atomic E-state index is 14.7. The topological polar surface area (TPSA) is 88.4 Å². The molecule has 7 nitrogen and oxygen atoms in total. The molecular weight excluding hydrogens is 596 g/mol. The fraction of sp³-hybridized carbons (Fsp3) is 0.206. The maximum absolute atomic E-state index is 14.7. The van der Waals surface area contributed by atoms with Crippen LogP contribution >= 0.6 is 15.9 Å². The molecule has 0 saturated heterocycles. The van der Waals surface area contributed by atoms with Crippen molar-refractivity contribution in [3.05, 3.63) is 135 Å². The van der Waals surface area contributed by atoms with Crippen LogP contribution in [0.5, 0.6) is 5.75 Å². The molecule has 1 N–H and O–H groups in total. The second-order valence-corrected chi connectivity index (χ2v) is 11.3. The van der Waals surface area contributed by atoms with Gasteiger partial charge < -0.3 is 14.6 Å². The van der Waals surface area contributed by atoms with Crippen molar-refractivity contribution in [2.75, 3.05) is 13.2 Å². The first-order chi connectivity index (χ1) is 20.5. The average Bonchev–Trinajstić information content (AvgIpc) is 3.35. The van der Waals surface area contributed by atoms with Gasteiger partial charge in [-0.15, -0.1) is 0 Å². The molecule has 0 aromatic heterocycles. The Bertz CT molecular complexity index is 1620. The smallest absolute Gasteiger partial charge is 0.262 e. The van der Waals surface area contributed by atoms with Crippen molar-refractivity contribution in [1.82, 2.24) is 4.90 Å². The van der Waals surface area contributed by atoms with Gasteiger partial charge in [0.15, 0.2) is 11.6 Å². The lowest BCUT2D eigenvalue weighted by molar-refractivity contribution is -0.137. The van der Waals surface area contributed by atoms with E-state index in [1.165, 1.54) is 4.90 Å². The maximum Gasteiger partial charge on any atom is 0.262 e. The number of aliphatic imine (C=N–C) groups is 1. The van der Waals surface area contributed by atoms with Crippen LogP contribution in [0.15, 0.2) is 113 Å². The van der Waals surface area contributed by atoms with Gasteiger partial charge in [0.05, 0.1) is 13.2 Å². The highest BCUT2D eigenvalue weighted by atomic mass is 79.9. The molecule has 0 fully saturated rings. The molecule has 0 aliphatic carbocycles. The fourth-order valence-corrected chi connectivity index (χ4v) is 5.72. The SMILES string of the molecule is O=C(c1ccccc1)N1Cc2ccccc2C[C@]2(N=C(c3ccc(OCCCO)cc3)O[C@@H]2c2ccc(Br)cc2)C1=O. The van der Waals surface area contributed by atoms with E-state index in [0.29, 0.717) is 35.8 Å². The molecule has 2 atom stereocenters. The van der Waals surface area contributed by atoms with Gasteiger partial charge in [-0.1, -0.05) is 70.5 Å². The summed E-state index contributed by atoms with van der Waals surface area (Å²) in [4.78, 5) is 35.0. The van der Waals surface area contributed by atoms with Crippen LogP contribution in [-0.4, -0.2) is 46.5 Å². The molecule has 2 heterocycles. The number of carbonyl (C=O) groups is 2. The van der Waals surface area contributed by atoms with Crippen LogP contribution in [0.3, 0.4) is 0 Å². The van der Waals surface area contributed by atoms with E-state index < -0.39 is 17.6 Å². The minimum Gasteiger partial charge on any atom is -0.494 e. The number of carbonyl (C=O) groups excluding carboxylic acids is 2. The van der Waals surface area contributed by atoms with Crippen LogP contribution in [0.1, 0.15) is 45.1 Å². The Morgan fingerprint density at radius 3 is 2.36 bits per heavy atom. The number of benzene rings is 4. The number of nitrogens with zero attached hydrogens (tertiary/aromatic N) is 2. The molecule has 2 aliphatic rings. The number of imide groups is 1. The Hall–Kier alpha value is -4.27. The van der Waals surface area contributed by atoms with Crippen molar-refractivity contribution in [3.63, 3.8) is 0 Å². The monoisotopic (exact) mass is 624 g/mol. The number of halogens is 1. The molecule has 0 bridgehead atoms. The third-order valence-corrected chi connectivity index (χ3v) is 8.13. The van der Waals surface area contributed by atoms with Gasteiger partial charge in [-0.25, -0.2) is 4.99 Å². The first-order valence-electron chi connectivity index (χ1n) is 13.8. The average molecular weight is 626 g/mol. The Balaban J connectivity index is 1.47. The van der Waals surface area contributed by atoms with Gasteiger partial charge in [-0.2, -0.15) is 0 Å². The Morgan fingerprint density at radius 2 is 1.64 bits per heavy atom. The molecule has 212 valence electrons. The van der Waals surface area contributed by atoms with Gasteiger partial charge in [0.1, 0.15) is 5.75 Å². The third kappa shape index (κ3) is 5.35. The van der Waals surface area contributed by atoms with Crippen LogP contribution in [0.25, 0.3) is 0 Å². The molecule has 8 heteroatoms. The van der Waals surface area contributed by atoms with E-state index in [1.807, 2.05) is 78.9 Å². The summed E-state index contributed by atoms with van der Waals surface area (Å²) in [6.07, 6.45) is 0.0370. The van der Waals surface area contributed by atoms with Crippen molar-refractivity contribution >= 4 is 33.6 Å². The number of ether oxygens (including phenoxy) is 2. The zero-order chi connectivity index (χ0) is 29.1. The van der Waals surface area contributed by atoms with Gasteiger partial charge in [-0.05, 0) is 65.2 Å². The number of amides is 2. The molecule has 0 saturated carbocycles. The molecule has 42 heavy (non-hydrogen) atoms. The number of fused-ring (bicyclic) bond motifs is 1. The van der Waals surface area contributed by atoms with E-state index in [-0.39, 0.29) is 25.5 Å². The highest BCUT2D eigenvalue weighted by molar-refractivity contribution is 9.10. The van der Waals surface area contributed by atoms with E-state index in [4.69, 9.17) is 19.6 Å². The molecule has 0 radical (unpaired) electrons. The second-order valence-electron chi connectivity index (χ2n) is 10.3. The summed E-state index contributed by atoms with van der Waals surface area (Å²) in [5, 5.41) is 9.04. The Labute approximate surface area is 252 Å². The molecule has 2 aliphatic heterocycles. The van der Waals surface area contributed by atoms with Crippen molar-refractivity contribution in [3.8, 4) is 5.75 Å². The van der Waals surface area contributed by atoms with E-state index >= 15 is 0 Å². The van der Waals surface area contributed by atoms with Gasteiger partial charge >= 0.3 is 0 Å². The zero-order valence-corrected chi connectivity index (χ0v) is 24.4. The van der Waals surface area contributed by atoms with Gasteiger partial charge in [0, 0.05) is 35.0 Å². The molecule has 1 spiro atoms.